The van der Waals surface area contributed by atoms with E-state index in [4.69, 9.17) is 0 Å². The van der Waals surface area contributed by atoms with Gasteiger partial charge in [0.25, 0.3) is 11.8 Å². The molecule has 4 aromatic rings. The fourth-order valence-electron chi connectivity index (χ4n) is 5.15. The van der Waals surface area contributed by atoms with Gasteiger partial charge in [-0.25, -0.2) is 14.4 Å². The quantitative estimate of drug-likeness (QED) is 0.231. The van der Waals surface area contributed by atoms with Crippen molar-refractivity contribution in [2.24, 2.45) is 0 Å². The van der Waals surface area contributed by atoms with E-state index in [9.17, 15) is 14.0 Å². The van der Waals surface area contributed by atoms with E-state index in [1.54, 1.807) is 23.6 Å². The second kappa shape index (κ2) is 12.0. The molecule has 11 heteroatoms. The lowest BCUT2D eigenvalue weighted by molar-refractivity contribution is 0.102. The molecule has 2 aromatic heterocycles. The topological polar surface area (TPSA) is 102 Å². The number of carbonyl (C=O) groups excluding carboxylic acids is 2. The van der Waals surface area contributed by atoms with Crippen molar-refractivity contribution < 1.29 is 14.0 Å². The maximum absolute atomic E-state index is 13.8. The van der Waals surface area contributed by atoms with E-state index in [0.717, 1.165) is 67.3 Å². The number of aryl methyl sites for hydroxylation is 1. The van der Waals surface area contributed by atoms with Crippen LogP contribution in [-0.2, 0) is 6.67 Å². The molecule has 1 aliphatic carbocycles. The summed E-state index contributed by atoms with van der Waals surface area (Å²) >= 11 is 1.44. The zero-order valence-electron chi connectivity index (χ0n) is 23.7. The van der Waals surface area contributed by atoms with E-state index in [2.05, 4.69) is 42.6 Å². The minimum Gasteiger partial charge on any atom is -0.369 e. The van der Waals surface area contributed by atoms with Crippen LogP contribution in [0.3, 0.4) is 0 Å². The molecule has 42 heavy (non-hydrogen) atoms. The minimum atomic E-state index is -0.649. The van der Waals surface area contributed by atoms with Crippen molar-refractivity contribution >= 4 is 56.2 Å². The third kappa shape index (κ3) is 6.07. The van der Waals surface area contributed by atoms with Crippen LogP contribution in [0.1, 0.15) is 51.6 Å². The average Bonchev–Trinajstić information content (AvgIpc) is 3.72. The highest BCUT2D eigenvalue weighted by Gasteiger charge is 2.24. The molecule has 9 nitrogen and oxygen atoms in total. The number of fused-ring (bicyclic) bond motifs is 1. The maximum atomic E-state index is 13.8. The summed E-state index contributed by atoms with van der Waals surface area (Å²) in [5.41, 5.74) is 4.74. The lowest BCUT2D eigenvalue weighted by Crippen LogP contribution is -2.46. The van der Waals surface area contributed by atoms with Crippen LogP contribution in [-0.4, -0.2) is 65.4 Å². The maximum Gasteiger partial charge on any atom is 0.258 e. The Balaban J connectivity index is 1.18. The molecule has 1 saturated heterocycles. The van der Waals surface area contributed by atoms with Gasteiger partial charge in [-0.2, -0.15) is 0 Å². The minimum absolute atomic E-state index is 0.285. The Morgan fingerprint density at radius 1 is 1.02 bits per heavy atom. The van der Waals surface area contributed by atoms with Gasteiger partial charge in [-0.05, 0) is 67.8 Å². The molecule has 0 unspecified atom stereocenters. The molecule has 3 N–H and O–H groups in total. The zero-order chi connectivity index (χ0) is 29.2. The number of rotatable bonds is 9. The van der Waals surface area contributed by atoms with Gasteiger partial charge in [-0.1, -0.05) is 13.0 Å². The Morgan fingerprint density at radius 3 is 2.57 bits per heavy atom. The number of hydrogen-bond acceptors (Lipinski definition) is 8. The summed E-state index contributed by atoms with van der Waals surface area (Å²) < 4.78 is 14.6. The fraction of sp³-hybridized carbons (Fsp3) is 0.355. The van der Waals surface area contributed by atoms with Crippen molar-refractivity contribution in [3.8, 4) is 0 Å². The number of halogens is 1. The van der Waals surface area contributed by atoms with E-state index in [1.807, 2.05) is 25.1 Å². The van der Waals surface area contributed by atoms with Gasteiger partial charge in [-0.15, -0.1) is 11.3 Å². The molecule has 0 atom stereocenters. The Labute approximate surface area is 248 Å². The van der Waals surface area contributed by atoms with Crippen molar-refractivity contribution in [1.82, 2.24) is 14.9 Å². The van der Waals surface area contributed by atoms with Gasteiger partial charge in [0.2, 0.25) is 0 Å². The molecule has 2 aliphatic rings. The first-order chi connectivity index (χ1) is 20.4. The Kier molecular flexibility index (Phi) is 8.03. The lowest BCUT2D eigenvalue weighted by atomic mass is 10.1. The number of nitrogens with one attached hydrogen (secondary N) is 3. The number of amides is 2. The molecular formula is C31H34FN7O2S. The molecule has 1 saturated carbocycles. The van der Waals surface area contributed by atoms with Gasteiger partial charge in [0.1, 0.15) is 18.8 Å². The number of benzene rings is 2. The van der Waals surface area contributed by atoms with Crippen LogP contribution in [0.2, 0.25) is 0 Å². The highest BCUT2D eigenvalue weighted by molar-refractivity contribution is 7.18. The van der Waals surface area contributed by atoms with Crippen molar-refractivity contribution in [3.63, 3.8) is 0 Å². The predicted octanol–water partition coefficient (Wildman–Crippen LogP) is 5.69. The molecule has 218 valence electrons. The van der Waals surface area contributed by atoms with Gasteiger partial charge >= 0.3 is 0 Å². The summed E-state index contributed by atoms with van der Waals surface area (Å²) in [4.78, 5) is 39.9. The van der Waals surface area contributed by atoms with Gasteiger partial charge < -0.3 is 25.8 Å². The van der Waals surface area contributed by atoms with Crippen LogP contribution >= 0.6 is 11.3 Å². The molecule has 6 rings (SSSR count). The highest BCUT2D eigenvalue weighted by atomic mass is 32.1. The first-order valence-electron chi connectivity index (χ1n) is 14.3. The van der Waals surface area contributed by atoms with Gasteiger partial charge in [0, 0.05) is 60.2 Å². The van der Waals surface area contributed by atoms with Crippen LogP contribution in [0.5, 0.6) is 0 Å². The SMILES string of the molecule is CCN1CCN(c2cc(CF)cc(C(=O)Nc3ccc(C)c(NC(=O)c4csc5c(NC6CC6)ncnc45)c3)c2)CC1. The van der Waals surface area contributed by atoms with Crippen molar-refractivity contribution in [3.05, 3.63) is 70.4 Å². The molecule has 1 aliphatic heterocycles. The number of aromatic nitrogens is 2. The Morgan fingerprint density at radius 2 is 1.83 bits per heavy atom. The second-order valence-corrected chi connectivity index (χ2v) is 11.7. The van der Waals surface area contributed by atoms with Crippen LogP contribution in [0.25, 0.3) is 10.2 Å². The molecule has 0 radical (unpaired) electrons. The van der Waals surface area contributed by atoms with Crippen molar-refractivity contribution in [2.75, 3.05) is 53.6 Å². The van der Waals surface area contributed by atoms with Crippen molar-refractivity contribution in [1.29, 1.82) is 0 Å². The van der Waals surface area contributed by atoms with Gasteiger partial charge in [0.15, 0.2) is 0 Å². The summed E-state index contributed by atoms with van der Waals surface area (Å²) in [6, 6.07) is 11.0. The van der Waals surface area contributed by atoms with Crippen LogP contribution in [0.4, 0.5) is 27.3 Å². The molecule has 2 amide bonds. The third-order valence-corrected chi connectivity index (χ3v) is 8.81. The number of alkyl halides is 1. The summed E-state index contributed by atoms with van der Waals surface area (Å²) in [5, 5.41) is 11.1. The summed E-state index contributed by atoms with van der Waals surface area (Å²) in [7, 11) is 0. The summed E-state index contributed by atoms with van der Waals surface area (Å²) in [5.74, 6) is 0.138. The van der Waals surface area contributed by atoms with E-state index in [1.165, 1.54) is 17.7 Å². The number of nitrogens with zero attached hydrogens (tertiary/aromatic N) is 4. The number of piperazine rings is 1. The first-order valence-corrected chi connectivity index (χ1v) is 15.2. The van der Waals surface area contributed by atoms with Crippen molar-refractivity contribution in [2.45, 2.75) is 39.4 Å². The molecule has 2 fully saturated rings. The average molecular weight is 588 g/mol. The number of likely N-dealkylation sites (N-methyl/N-ethyl adjacent to an activating group) is 1. The summed E-state index contributed by atoms with van der Waals surface area (Å²) in [6.45, 7) is 7.91. The largest absolute Gasteiger partial charge is 0.369 e. The predicted molar refractivity (Wildman–Crippen MR) is 167 cm³/mol. The zero-order valence-corrected chi connectivity index (χ0v) is 24.6. The normalized spacial score (nSPS) is 15.5. The van der Waals surface area contributed by atoms with E-state index in [-0.39, 0.29) is 11.8 Å². The van der Waals surface area contributed by atoms with E-state index in [0.29, 0.717) is 39.6 Å². The highest BCUT2D eigenvalue weighted by Crippen LogP contribution is 2.33. The van der Waals surface area contributed by atoms with Gasteiger partial charge in [-0.3, -0.25) is 9.59 Å². The Hall–Kier alpha value is -4.09. The third-order valence-electron chi connectivity index (χ3n) is 7.84. The smallest absolute Gasteiger partial charge is 0.258 e. The van der Waals surface area contributed by atoms with Crippen LogP contribution in [0.15, 0.2) is 48.1 Å². The number of carbonyl (C=O) groups is 2. The van der Waals surface area contributed by atoms with Gasteiger partial charge in [0.05, 0.1) is 15.8 Å². The fourth-order valence-corrected chi connectivity index (χ4v) is 6.10. The first kappa shape index (κ1) is 28.0. The summed E-state index contributed by atoms with van der Waals surface area (Å²) in [6.07, 6.45) is 3.72. The number of hydrogen-bond donors (Lipinski definition) is 3. The molecular weight excluding hydrogens is 553 g/mol. The Bertz CT molecular complexity index is 1630. The number of thiophene rings is 1. The number of anilines is 4. The standard InChI is InChI=1S/C31H34FN7O2S/c1-3-38-8-10-39(11-9-38)24-13-20(16-32)12-21(14-24)30(40)36-23-5-4-19(2)26(15-23)37-31(41)25-17-42-28-27(25)33-18-34-29(28)35-22-6-7-22/h4-5,12-15,17-18,22H,3,6-11,16H2,1-2H3,(H,36,40)(H,37,41)(H,33,34,35). The second-order valence-electron chi connectivity index (χ2n) is 10.8. The molecule has 0 bridgehead atoms. The van der Waals surface area contributed by atoms with Crippen LogP contribution < -0.4 is 20.9 Å². The monoisotopic (exact) mass is 587 g/mol. The van der Waals surface area contributed by atoms with E-state index >= 15 is 0 Å². The molecule has 2 aromatic carbocycles. The van der Waals surface area contributed by atoms with E-state index < -0.39 is 6.67 Å². The molecule has 0 spiro atoms. The van der Waals surface area contributed by atoms with Crippen LogP contribution in [0, 0.1) is 6.92 Å². The lowest BCUT2D eigenvalue weighted by Gasteiger charge is -2.35. The molecule has 3 heterocycles.